The average molecular weight is 732 g/mol. The van der Waals surface area contributed by atoms with Crippen LogP contribution in [0.3, 0.4) is 0 Å². The first kappa shape index (κ1) is 33.4. The molecule has 5 rings (SSSR count). The van der Waals surface area contributed by atoms with Gasteiger partial charge in [-0.05, 0) is 61.4 Å². The molecule has 0 atom stereocenters. The number of nitrogens with zero attached hydrogens (tertiary/aromatic N) is 3. The van der Waals surface area contributed by atoms with Crippen LogP contribution in [0.25, 0.3) is 21.8 Å². The van der Waals surface area contributed by atoms with Crippen LogP contribution in [0.2, 0.25) is 10.0 Å². The molecule has 0 amide bonds. The average Bonchev–Trinajstić information content (AvgIpc) is 3.01. The van der Waals surface area contributed by atoms with Gasteiger partial charge in [-0.25, -0.2) is 8.42 Å². The highest BCUT2D eigenvalue weighted by Gasteiger charge is 2.24. The molecule has 0 unspecified atom stereocenters. The van der Waals surface area contributed by atoms with Gasteiger partial charge in [0.15, 0.2) is 11.4 Å². The molecule has 0 aliphatic carbocycles. The van der Waals surface area contributed by atoms with Gasteiger partial charge in [-0.15, -0.1) is 0 Å². The van der Waals surface area contributed by atoms with E-state index >= 15 is 0 Å². The largest absolute Gasteiger partial charge is 0.384 e. The van der Waals surface area contributed by atoms with Crippen molar-refractivity contribution in [1.82, 2.24) is 4.31 Å². The van der Waals surface area contributed by atoms with Crippen LogP contribution in [-0.4, -0.2) is 38.9 Å². The fraction of sp³-hybridized carbons (Fsp3) is 0.294. The van der Waals surface area contributed by atoms with Crippen LogP contribution in [0.5, 0.6) is 0 Å². The molecule has 0 saturated heterocycles. The molecule has 2 N–H and O–H groups in total. The maximum atomic E-state index is 13.8. The van der Waals surface area contributed by atoms with Crippen molar-refractivity contribution in [1.29, 1.82) is 0 Å². The van der Waals surface area contributed by atoms with Crippen LogP contribution < -0.4 is 19.8 Å². The second-order valence-corrected chi connectivity index (χ2v) is 15.0. The standard InChI is InChI=1S/C34H36BrCl2N5O2S/c1-23-19-31(29-21-26(36)9-13-33(29)40(23)3)38-15-5-17-42(45(43,44)28-11-7-25(35)8-12-28)18-6-16-39-32-20-24(2)41(4)34-14-10-27(37)22-30(32)34/h7-14,19-22H,5-6,15-18H2,1-4H3/p+2. The van der Waals surface area contributed by atoms with Crippen molar-refractivity contribution in [3.8, 4) is 0 Å². The molecule has 0 aliphatic rings. The summed E-state index contributed by atoms with van der Waals surface area (Å²) in [6, 6.07) is 22.8. The second-order valence-electron chi connectivity index (χ2n) is 11.3. The van der Waals surface area contributed by atoms with Gasteiger partial charge in [-0.2, -0.15) is 13.4 Å². The van der Waals surface area contributed by atoms with Gasteiger partial charge in [0.1, 0.15) is 14.1 Å². The van der Waals surface area contributed by atoms with Crippen LogP contribution in [0.1, 0.15) is 24.2 Å². The summed E-state index contributed by atoms with van der Waals surface area (Å²) in [5, 5.41) is 10.5. The maximum Gasteiger partial charge on any atom is 0.243 e. The molecule has 236 valence electrons. The predicted molar refractivity (Wildman–Crippen MR) is 189 cm³/mol. The molecule has 11 heteroatoms. The molecule has 2 aromatic heterocycles. The molecule has 2 heterocycles. The zero-order valence-electron chi connectivity index (χ0n) is 25.9. The molecular formula is C34H38BrCl2N5O2S+2. The molecular weight excluding hydrogens is 693 g/mol. The minimum absolute atomic E-state index is 0.283. The van der Waals surface area contributed by atoms with Crippen LogP contribution in [0, 0.1) is 13.8 Å². The molecule has 0 aliphatic heterocycles. The lowest BCUT2D eigenvalue weighted by atomic mass is 10.1. The van der Waals surface area contributed by atoms with E-state index in [1.807, 2.05) is 50.5 Å². The van der Waals surface area contributed by atoms with Gasteiger partial charge in [0.25, 0.3) is 0 Å². The van der Waals surface area contributed by atoms with E-state index in [-0.39, 0.29) is 4.90 Å². The lowest BCUT2D eigenvalue weighted by Gasteiger charge is -2.23. The van der Waals surface area contributed by atoms with Crippen LogP contribution >= 0.6 is 39.1 Å². The number of hydrogen-bond acceptors (Lipinski definition) is 4. The van der Waals surface area contributed by atoms with Crippen molar-refractivity contribution in [3.05, 3.63) is 98.7 Å². The smallest absolute Gasteiger partial charge is 0.243 e. The summed E-state index contributed by atoms with van der Waals surface area (Å²) >= 11 is 16.1. The normalized spacial score (nSPS) is 11.9. The summed E-state index contributed by atoms with van der Waals surface area (Å²) in [6.45, 7) is 6.09. The molecule has 0 saturated carbocycles. The van der Waals surface area contributed by atoms with E-state index in [4.69, 9.17) is 23.2 Å². The maximum absolute atomic E-state index is 13.8. The van der Waals surface area contributed by atoms with Crippen LogP contribution in [0.15, 0.2) is 82.2 Å². The number of halogens is 3. The lowest BCUT2D eigenvalue weighted by Crippen LogP contribution is -2.35. The zero-order valence-corrected chi connectivity index (χ0v) is 29.8. The van der Waals surface area contributed by atoms with Crippen molar-refractivity contribution >= 4 is 82.3 Å². The Hall–Kier alpha value is -2.95. The highest BCUT2D eigenvalue weighted by molar-refractivity contribution is 9.10. The van der Waals surface area contributed by atoms with Crippen molar-refractivity contribution in [2.75, 3.05) is 36.8 Å². The lowest BCUT2D eigenvalue weighted by molar-refractivity contribution is -0.651. The monoisotopic (exact) mass is 729 g/mol. The third kappa shape index (κ3) is 7.55. The Balaban J connectivity index is 1.29. The zero-order chi connectivity index (χ0) is 32.3. The number of aromatic nitrogens is 2. The number of benzene rings is 3. The summed E-state index contributed by atoms with van der Waals surface area (Å²) < 4.78 is 34.3. The molecule has 0 fully saturated rings. The highest BCUT2D eigenvalue weighted by atomic mass is 79.9. The van der Waals surface area contributed by atoms with Crippen molar-refractivity contribution in [2.45, 2.75) is 31.6 Å². The third-order valence-electron chi connectivity index (χ3n) is 8.24. The number of pyridine rings is 2. The molecule has 3 aromatic carbocycles. The van der Waals surface area contributed by atoms with E-state index in [9.17, 15) is 8.42 Å². The first-order valence-electron chi connectivity index (χ1n) is 14.9. The number of nitrogens with one attached hydrogen (secondary N) is 2. The van der Waals surface area contributed by atoms with Crippen molar-refractivity contribution < 1.29 is 17.6 Å². The van der Waals surface area contributed by atoms with Gasteiger partial charge >= 0.3 is 0 Å². The predicted octanol–water partition coefficient (Wildman–Crippen LogP) is 7.32. The third-order valence-corrected chi connectivity index (χ3v) is 11.1. The second kappa shape index (κ2) is 14.2. The van der Waals surface area contributed by atoms with E-state index < -0.39 is 10.0 Å². The van der Waals surface area contributed by atoms with Gasteiger partial charge in [-0.1, -0.05) is 39.1 Å². The van der Waals surface area contributed by atoms with Gasteiger partial charge in [0.05, 0.1) is 27.0 Å². The first-order chi connectivity index (χ1) is 21.5. The number of hydrogen-bond donors (Lipinski definition) is 2. The Kier molecular flexibility index (Phi) is 10.6. The number of sulfonamides is 1. The van der Waals surface area contributed by atoms with Gasteiger partial charge < -0.3 is 10.6 Å². The Morgan fingerprint density at radius 1 is 0.711 bits per heavy atom. The van der Waals surface area contributed by atoms with E-state index in [0.717, 1.165) is 49.0 Å². The highest BCUT2D eigenvalue weighted by Crippen LogP contribution is 2.27. The molecule has 0 radical (unpaired) electrons. The topological polar surface area (TPSA) is 69.2 Å². The van der Waals surface area contributed by atoms with Crippen LogP contribution in [-0.2, 0) is 24.1 Å². The molecule has 7 nitrogen and oxygen atoms in total. The van der Waals surface area contributed by atoms with Gasteiger partial charge in [-0.3, -0.25) is 0 Å². The summed E-state index contributed by atoms with van der Waals surface area (Å²) in [6.07, 6.45) is 1.26. The number of rotatable bonds is 12. The van der Waals surface area contributed by atoms with E-state index in [1.165, 1.54) is 0 Å². The minimum atomic E-state index is -3.70. The Labute approximate surface area is 284 Å². The molecule has 45 heavy (non-hydrogen) atoms. The quantitative estimate of drug-likeness (QED) is 0.104. The fourth-order valence-corrected chi connectivity index (χ4v) is 7.66. The number of aryl methyl sites for hydroxylation is 4. The van der Waals surface area contributed by atoms with Crippen molar-refractivity contribution in [3.63, 3.8) is 0 Å². The SMILES string of the molecule is Cc1cc(NCCCN(CCCNc2cc(C)[n+](C)c3ccc(Cl)cc23)S(=O)(=O)c2ccc(Br)cc2)c2cc(Cl)ccc2[n+]1C. The summed E-state index contributed by atoms with van der Waals surface area (Å²) in [4.78, 5) is 0.283. The molecule has 0 bridgehead atoms. The number of fused-ring (bicyclic) bond motifs is 2. The Morgan fingerprint density at radius 3 is 1.60 bits per heavy atom. The van der Waals surface area contributed by atoms with Gasteiger partial charge in [0.2, 0.25) is 21.1 Å². The molecule has 5 aromatic rings. The summed E-state index contributed by atoms with van der Waals surface area (Å²) in [5.74, 6) is 0. The fourth-order valence-electron chi connectivity index (χ4n) is 5.54. The van der Waals surface area contributed by atoms with E-state index in [1.54, 1.807) is 28.6 Å². The minimum Gasteiger partial charge on any atom is -0.384 e. The summed E-state index contributed by atoms with van der Waals surface area (Å²) in [7, 11) is 0.369. The summed E-state index contributed by atoms with van der Waals surface area (Å²) in [5.41, 5.74) is 6.33. The first-order valence-corrected chi connectivity index (χ1v) is 17.9. The van der Waals surface area contributed by atoms with E-state index in [0.29, 0.717) is 49.1 Å². The van der Waals surface area contributed by atoms with Crippen molar-refractivity contribution in [2.24, 2.45) is 14.1 Å². The Bertz CT molecular complexity index is 1870. The van der Waals surface area contributed by atoms with Gasteiger partial charge in [0, 0.05) is 78.8 Å². The Morgan fingerprint density at radius 2 is 1.16 bits per heavy atom. The molecule has 0 spiro atoms. The van der Waals surface area contributed by atoms with Crippen LogP contribution in [0.4, 0.5) is 11.4 Å². The number of anilines is 2. The van der Waals surface area contributed by atoms with E-state index in [2.05, 4.69) is 61.7 Å².